The van der Waals surface area contributed by atoms with Gasteiger partial charge in [0.1, 0.15) is 6.04 Å². The van der Waals surface area contributed by atoms with E-state index in [-0.39, 0.29) is 23.3 Å². The lowest BCUT2D eigenvalue weighted by Gasteiger charge is -2.36. The molecule has 0 spiro atoms. The average Bonchev–Trinajstić information content (AvgIpc) is 2.65. The topological polar surface area (TPSA) is 70.2 Å². The molecule has 2 aliphatic heterocycles. The summed E-state index contributed by atoms with van der Waals surface area (Å²) < 4.78 is 0. The van der Waals surface area contributed by atoms with Crippen LogP contribution in [-0.4, -0.2) is 37.5 Å². The Bertz CT molecular complexity index is 338. The van der Waals surface area contributed by atoms with E-state index in [1.807, 2.05) is 0 Å². The van der Waals surface area contributed by atoms with E-state index in [4.69, 9.17) is 0 Å². The van der Waals surface area contributed by atoms with Crippen LogP contribution < -0.4 is 16.0 Å². The normalized spacial score (nSPS) is 27.2. The Balaban J connectivity index is 1.99. The quantitative estimate of drug-likeness (QED) is 0.699. The summed E-state index contributed by atoms with van der Waals surface area (Å²) in [4.78, 5) is 24.4. The monoisotopic (exact) mass is 267 g/mol. The van der Waals surface area contributed by atoms with E-state index in [0.717, 1.165) is 58.2 Å². The average molecular weight is 267 g/mol. The Morgan fingerprint density at radius 3 is 2.74 bits per heavy atom. The highest BCUT2D eigenvalue weighted by Crippen LogP contribution is 2.32. The van der Waals surface area contributed by atoms with E-state index in [0.29, 0.717) is 0 Å². The fourth-order valence-electron chi connectivity index (χ4n) is 3.03. The van der Waals surface area contributed by atoms with Crippen molar-refractivity contribution in [3.63, 3.8) is 0 Å². The van der Waals surface area contributed by atoms with Crippen molar-refractivity contribution in [3.8, 4) is 0 Å². The van der Waals surface area contributed by atoms with Crippen molar-refractivity contribution in [1.82, 2.24) is 16.0 Å². The van der Waals surface area contributed by atoms with Gasteiger partial charge in [0.25, 0.3) is 0 Å². The van der Waals surface area contributed by atoms with Crippen LogP contribution in [-0.2, 0) is 9.59 Å². The van der Waals surface area contributed by atoms with Gasteiger partial charge in [-0.05, 0) is 51.6 Å². The molecule has 1 atom stereocenters. The first-order valence-corrected chi connectivity index (χ1v) is 7.47. The number of hydrogen-bond acceptors (Lipinski definition) is 3. The van der Waals surface area contributed by atoms with Crippen molar-refractivity contribution in [2.45, 2.75) is 51.5 Å². The molecule has 2 saturated heterocycles. The summed E-state index contributed by atoms with van der Waals surface area (Å²) in [5.41, 5.74) is -0.280. The lowest BCUT2D eigenvalue weighted by molar-refractivity contribution is -0.136. The maximum Gasteiger partial charge on any atom is 0.242 e. The van der Waals surface area contributed by atoms with Crippen LogP contribution in [0.25, 0.3) is 0 Å². The molecule has 2 aliphatic rings. The van der Waals surface area contributed by atoms with Crippen LogP contribution in [0.15, 0.2) is 0 Å². The molecule has 0 bridgehead atoms. The van der Waals surface area contributed by atoms with Gasteiger partial charge in [-0.1, -0.05) is 6.92 Å². The molecule has 1 unspecified atom stereocenters. The van der Waals surface area contributed by atoms with Crippen LogP contribution in [0.4, 0.5) is 0 Å². The third kappa shape index (κ3) is 3.26. The fraction of sp³-hybridized carbons (Fsp3) is 0.857. The van der Waals surface area contributed by atoms with Gasteiger partial charge < -0.3 is 16.0 Å². The van der Waals surface area contributed by atoms with Crippen molar-refractivity contribution in [1.29, 1.82) is 0 Å². The standard InChI is InChI=1S/C14H25N3O2/c1-2-14(6-9-15-10-7-14)13(19)17-11-5-3-4-8-16-12(11)18/h11,15H,2-10H2,1H3,(H,16,18)(H,17,19). The number of piperidine rings is 1. The molecule has 2 rings (SSSR count). The summed E-state index contributed by atoms with van der Waals surface area (Å²) in [6.45, 7) is 4.57. The van der Waals surface area contributed by atoms with Crippen LogP contribution >= 0.6 is 0 Å². The summed E-state index contributed by atoms with van der Waals surface area (Å²) in [6, 6.07) is -0.340. The number of rotatable bonds is 3. The molecule has 0 aliphatic carbocycles. The van der Waals surface area contributed by atoms with E-state index < -0.39 is 0 Å². The van der Waals surface area contributed by atoms with Crippen molar-refractivity contribution >= 4 is 11.8 Å². The van der Waals surface area contributed by atoms with Gasteiger partial charge in [-0.3, -0.25) is 9.59 Å². The zero-order valence-electron chi connectivity index (χ0n) is 11.8. The molecule has 19 heavy (non-hydrogen) atoms. The van der Waals surface area contributed by atoms with E-state index in [2.05, 4.69) is 22.9 Å². The molecule has 0 radical (unpaired) electrons. The predicted octanol–water partition coefficient (Wildman–Crippen LogP) is 0.551. The molecular formula is C14H25N3O2. The summed E-state index contributed by atoms with van der Waals surface area (Å²) in [5, 5.41) is 9.15. The van der Waals surface area contributed by atoms with Crippen molar-refractivity contribution in [2.24, 2.45) is 5.41 Å². The first-order valence-electron chi connectivity index (χ1n) is 7.47. The first-order chi connectivity index (χ1) is 9.18. The third-order valence-electron chi connectivity index (χ3n) is 4.56. The SMILES string of the molecule is CCC1(C(=O)NC2CCCCNC2=O)CCNCC1. The van der Waals surface area contributed by atoms with Gasteiger partial charge in [0, 0.05) is 6.54 Å². The third-order valence-corrected chi connectivity index (χ3v) is 4.56. The Kier molecular flexibility index (Phi) is 4.80. The summed E-state index contributed by atoms with van der Waals surface area (Å²) >= 11 is 0. The van der Waals surface area contributed by atoms with Crippen LogP contribution in [0.3, 0.4) is 0 Å². The molecule has 2 fully saturated rings. The van der Waals surface area contributed by atoms with E-state index in [1.165, 1.54) is 0 Å². The molecule has 3 N–H and O–H groups in total. The van der Waals surface area contributed by atoms with Gasteiger partial charge >= 0.3 is 0 Å². The summed E-state index contributed by atoms with van der Waals surface area (Å²) in [6.07, 6.45) is 5.32. The van der Waals surface area contributed by atoms with E-state index in [1.54, 1.807) is 0 Å². The van der Waals surface area contributed by atoms with E-state index >= 15 is 0 Å². The minimum absolute atomic E-state index is 0.0222. The van der Waals surface area contributed by atoms with E-state index in [9.17, 15) is 9.59 Å². The highest BCUT2D eigenvalue weighted by molar-refractivity contribution is 5.90. The molecule has 108 valence electrons. The number of carbonyl (C=O) groups is 2. The molecule has 0 aromatic heterocycles. The fourth-order valence-corrected chi connectivity index (χ4v) is 3.03. The Morgan fingerprint density at radius 1 is 1.32 bits per heavy atom. The van der Waals surface area contributed by atoms with Crippen LogP contribution in [0.2, 0.25) is 0 Å². The Morgan fingerprint density at radius 2 is 2.05 bits per heavy atom. The largest absolute Gasteiger partial charge is 0.354 e. The predicted molar refractivity (Wildman–Crippen MR) is 73.6 cm³/mol. The van der Waals surface area contributed by atoms with Crippen molar-refractivity contribution < 1.29 is 9.59 Å². The number of carbonyl (C=O) groups excluding carboxylic acids is 2. The molecule has 0 aromatic carbocycles. The van der Waals surface area contributed by atoms with Crippen LogP contribution in [0.5, 0.6) is 0 Å². The second kappa shape index (κ2) is 6.37. The zero-order chi connectivity index (χ0) is 13.7. The van der Waals surface area contributed by atoms with Crippen molar-refractivity contribution in [2.75, 3.05) is 19.6 Å². The van der Waals surface area contributed by atoms with Crippen LogP contribution in [0, 0.1) is 5.41 Å². The zero-order valence-corrected chi connectivity index (χ0v) is 11.8. The highest BCUT2D eigenvalue weighted by Gasteiger charge is 2.39. The molecular weight excluding hydrogens is 242 g/mol. The lowest BCUT2D eigenvalue weighted by Crippen LogP contribution is -2.53. The smallest absolute Gasteiger partial charge is 0.242 e. The molecule has 2 heterocycles. The van der Waals surface area contributed by atoms with Crippen molar-refractivity contribution in [3.05, 3.63) is 0 Å². The van der Waals surface area contributed by atoms with Crippen LogP contribution in [0.1, 0.15) is 45.4 Å². The van der Waals surface area contributed by atoms with Gasteiger partial charge in [-0.25, -0.2) is 0 Å². The number of amides is 2. The summed E-state index contributed by atoms with van der Waals surface area (Å²) in [5.74, 6) is 0.0459. The van der Waals surface area contributed by atoms with Gasteiger partial charge in [0.15, 0.2) is 0 Å². The van der Waals surface area contributed by atoms with Gasteiger partial charge in [0.2, 0.25) is 11.8 Å². The molecule has 2 amide bonds. The van der Waals surface area contributed by atoms with Gasteiger partial charge in [0.05, 0.1) is 5.41 Å². The highest BCUT2D eigenvalue weighted by atomic mass is 16.2. The second-order valence-electron chi connectivity index (χ2n) is 5.70. The molecule has 0 aromatic rings. The van der Waals surface area contributed by atoms with Gasteiger partial charge in [-0.2, -0.15) is 0 Å². The number of nitrogens with one attached hydrogen (secondary N) is 3. The second-order valence-corrected chi connectivity index (χ2v) is 5.70. The summed E-state index contributed by atoms with van der Waals surface area (Å²) in [7, 11) is 0. The lowest BCUT2D eigenvalue weighted by atomic mass is 9.75. The minimum Gasteiger partial charge on any atom is -0.354 e. The molecule has 0 saturated carbocycles. The Labute approximate surface area is 114 Å². The minimum atomic E-state index is -0.340. The molecule has 5 nitrogen and oxygen atoms in total. The Hall–Kier alpha value is -1.10. The maximum absolute atomic E-state index is 12.6. The number of hydrogen-bond donors (Lipinski definition) is 3. The van der Waals surface area contributed by atoms with Gasteiger partial charge in [-0.15, -0.1) is 0 Å². The molecule has 5 heteroatoms. The first kappa shape index (κ1) is 14.3. The maximum atomic E-state index is 12.6.